The maximum atomic E-state index is 12.8. The summed E-state index contributed by atoms with van der Waals surface area (Å²) in [6.45, 7) is -1.14. The fourth-order valence-electron chi connectivity index (χ4n) is 1.15. The molecule has 0 fully saturated rings. The molecule has 0 amide bonds. The summed E-state index contributed by atoms with van der Waals surface area (Å²) in [5.74, 6) is -0.458. The molecule has 86 valence electrons. The molecule has 0 saturated carbocycles. The van der Waals surface area contributed by atoms with Crippen LogP contribution >= 0.6 is 11.3 Å². The van der Waals surface area contributed by atoms with E-state index in [0.717, 1.165) is 11.3 Å². The lowest BCUT2D eigenvalue weighted by atomic mass is 10.3. The van der Waals surface area contributed by atoms with Crippen LogP contribution in [0.3, 0.4) is 0 Å². The summed E-state index contributed by atoms with van der Waals surface area (Å²) in [5, 5.41) is 2.29. The van der Waals surface area contributed by atoms with Crippen LogP contribution in [-0.4, -0.2) is 17.7 Å². The van der Waals surface area contributed by atoms with Crippen molar-refractivity contribution < 1.29 is 17.6 Å². The summed E-state index contributed by atoms with van der Waals surface area (Å²) in [6, 6.07) is 3.92. The fraction of sp³-hybridized carbons (Fsp3) is 0.222. The highest BCUT2D eigenvalue weighted by Gasteiger charge is 2.27. The Morgan fingerprint density at radius 2 is 2.06 bits per heavy atom. The first-order valence-corrected chi connectivity index (χ1v) is 5.12. The van der Waals surface area contributed by atoms with Gasteiger partial charge in [-0.1, -0.05) is 11.3 Å². The quantitative estimate of drug-likeness (QED) is 0.826. The minimum absolute atomic E-state index is 0.137. The second-order valence-electron chi connectivity index (χ2n) is 3.10. The molecule has 1 N–H and O–H groups in total. The Hall–Kier alpha value is -1.37. The van der Waals surface area contributed by atoms with Gasteiger partial charge in [-0.25, -0.2) is 9.37 Å². The van der Waals surface area contributed by atoms with E-state index in [0.29, 0.717) is 10.2 Å². The highest BCUT2D eigenvalue weighted by molar-refractivity contribution is 7.22. The molecule has 0 radical (unpaired) electrons. The van der Waals surface area contributed by atoms with Crippen molar-refractivity contribution in [2.75, 3.05) is 11.9 Å². The van der Waals surface area contributed by atoms with Crippen LogP contribution < -0.4 is 5.32 Å². The molecular formula is C9H6F4N2S. The van der Waals surface area contributed by atoms with E-state index in [1.807, 2.05) is 0 Å². The van der Waals surface area contributed by atoms with Gasteiger partial charge < -0.3 is 5.32 Å². The maximum Gasteiger partial charge on any atom is 0.405 e. The Morgan fingerprint density at radius 1 is 1.31 bits per heavy atom. The van der Waals surface area contributed by atoms with Gasteiger partial charge in [0.1, 0.15) is 12.4 Å². The topological polar surface area (TPSA) is 24.9 Å². The minimum Gasteiger partial charge on any atom is -0.352 e. The largest absolute Gasteiger partial charge is 0.405 e. The van der Waals surface area contributed by atoms with Gasteiger partial charge in [-0.15, -0.1) is 0 Å². The van der Waals surface area contributed by atoms with E-state index in [1.54, 1.807) is 0 Å². The van der Waals surface area contributed by atoms with Gasteiger partial charge in [0.25, 0.3) is 0 Å². The fourth-order valence-corrected chi connectivity index (χ4v) is 1.99. The van der Waals surface area contributed by atoms with Gasteiger partial charge in [-0.2, -0.15) is 13.2 Å². The van der Waals surface area contributed by atoms with E-state index in [1.165, 1.54) is 18.2 Å². The van der Waals surface area contributed by atoms with E-state index < -0.39 is 18.5 Å². The number of anilines is 1. The maximum absolute atomic E-state index is 12.8. The van der Waals surface area contributed by atoms with Crippen molar-refractivity contribution in [1.29, 1.82) is 0 Å². The van der Waals surface area contributed by atoms with E-state index >= 15 is 0 Å². The number of thiazole rings is 1. The van der Waals surface area contributed by atoms with Crippen LogP contribution in [0.5, 0.6) is 0 Å². The van der Waals surface area contributed by atoms with Crippen molar-refractivity contribution in [2.45, 2.75) is 6.18 Å². The number of halogens is 4. The number of hydrogen-bond donors (Lipinski definition) is 1. The lowest BCUT2D eigenvalue weighted by Gasteiger charge is -2.05. The predicted octanol–water partition coefficient (Wildman–Crippen LogP) is 3.41. The van der Waals surface area contributed by atoms with Gasteiger partial charge in [0.15, 0.2) is 5.13 Å². The van der Waals surface area contributed by atoms with Crippen molar-refractivity contribution in [1.82, 2.24) is 4.98 Å². The molecular weight excluding hydrogens is 244 g/mol. The number of hydrogen-bond acceptors (Lipinski definition) is 3. The van der Waals surface area contributed by atoms with Crippen LogP contribution in [0.2, 0.25) is 0 Å². The lowest BCUT2D eigenvalue weighted by molar-refractivity contribution is -0.115. The lowest BCUT2D eigenvalue weighted by Crippen LogP contribution is -2.21. The number of nitrogens with zero attached hydrogens (tertiary/aromatic N) is 1. The summed E-state index contributed by atoms with van der Waals surface area (Å²) < 4.78 is 49.2. The molecule has 2 aromatic rings. The third-order valence-electron chi connectivity index (χ3n) is 1.79. The molecule has 0 aliphatic rings. The zero-order valence-corrected chi connectivity index (χ0v) is 8.62. The Kier molecular flexibility index (Phi) is 2.71. The zero-order chi connectivity index (χ0) is 11.8. The third kappa shape index (κ3) is 2.60. The molecule has 0 aliphatic carbocycles. The summed E-state index contributed by atoms with van der Waals surface area (Å²) in [5.41, 5.74) is 0.356. The molecule has 0 bridgehead atoms. The molecule has 0 unspecified atom stereocenters. The molecule has 7 heteroatoms. The second kappa shape index (κ2) is 3.89. The first-order valence-electron chi connectivity index (χ1n) is 4.31. The molecule has 1 heterocycles. The Bertz CT molecular complexity index is 506. The SMILES string of the molecule is Fc1ccc2sc(NCC(F)(F)F)nc2c1. The Balaban J connectivity index is 2.20. The van der Waals surface area contributed by atoms with Crippen LogP contribution in [0.1, 0.15) is 0 Å². The first kappa shape index (κ1) is 11.1. The minimum atomic E-state index is -4.29. The summed E-state index contributed by atoms with van der Waals surface area (Å²) >= 11 is 1.06. The van der Waals surface area contributed by atoms with Crippen molar-refractivity contribution in [3.8, 4) is 0 Å². The molecule has 2 nitrogen and oxygen atoms in total. The van der Waals surface area contributed by atoms with E-state index in [2.05, 4.69) is 10.3 Å². The monoisotopic (exact) mass is 250 g/mol. The van der Waals surface area contributed by atoms with E-state index in [4.69, 9.17) is 0 Å². The third-order valence-corrected chi connectivity index (χ3v) is 2.78. The number of fused-ring (bicyclic) bond motifs is 1. The number of alkyl halides is 3. The van der Waals surface area contributed by atoms with Gasteiger partial charge in [0, 0.05) is 6.07 Å². The summed E-state index contributed by atoms with van der Waals surface area (Å²) in [7, 11) is 0. The van der Waals surface area contributed by atoms with Crippen LogP contribution in [0, 0.1) is 5.82 Å². The molecule has 0 spiro atoms. The zero-order valence-electron chi connectivity index (χ0n) is 7.81. The van der Waals surface area contributed by atoms with Gasteiger partial charge in [-0.05, 0) is 12.1 Å². The Labute approximate surface area is 91.9 Å². The molecule has 2 rings (SSSR count). The number of rotatable bonds is 2. The average molecular weight is 250 g/mol. The van der Waals surface area contributed by atoms with Crippen molar-refractivity contribution in [3.63, 3.8) is 0 Å². The second-order valence-corrected chi connectivity index (χ2v) is 4.13. The smallest absolute Gasteiger partial charge is 0.352 e. The van der Waals surface area contributed by atoms with E-state index in [9.17, 15) is 17.6 Å². The normalized spacial score (nSPS) is 12.0. The number of aromatic nitrogens is 1. The van der Waals surface area contributed by atoms with Crippen LogP contribution in [0.25, 0.3) is 10.2 Å². The van der Waals surface area contributed by atoms with Crippen molar-refractivity contribution >= 4 is 26.7 Å². The van der Waals surface area contributed by atoms with Gasteiger partial charge >= 0.3 is 6.18 Å². The predicted molar refractivity (Wildman–Crippen MR) is 54.1 cm³/mol. The van der Waals surface area contributed by atoms with Crippen molar-refractivity contribution in [3.05, 3.63) is 24.0 Å². The highest BCUT2D eigenvalue weighted by Crippen LogP contribution is 2.27. The van der Waals surface area contributed by atoms with Crippen LogP contribution in [0.4, 0.5) is 22.7 Å². The first-order chi connectivity index (χ1) is 7.44. The number of nitrogens with one attached hydrogen (secondary N) is 1. The van der Waals surface area contributed by atoms with Gasteiger partial charge in [-0.3, -0.25) is 0 Å². The molecule has 0 aliphatic heterocycles. The molecule has 0 saturated heterocycles. The van der Waals surface area contributed by atoms with Gasteiger partial charge in [0.05, 0.1) is 10.2 Å². The van der Waals surface area contributed by atoms with Crippen LogP contribution in [-0.2, 0) is 0 Å². The average Bonchev–Trinajstić information content (AvgIpc) is 2.55. The molecule has 1 aromatic heterocycles. The van der Waals surface area contributed by atoms with Gasteiger partial charge in [0.2, 0.25) is 0 Å². The summed E-state index contributed by atoms with van der Waals surface area (Å²) in [6.07, 6.45) is -4.29. The highest BCUT2D eigenvalue weighted by atomic mass is 32.1. The van der Waals surface area contributed by atoms with Crippen molar-refractivity contribution in [2.24, 2.45) is 0 Å². The molecule has 16 heavy (non-hydrogen) atoms. The van der Waals surface area contributed by atoms with E-state index in [-0.39, 0.29) is 5.13 Å². The molecule has 0 atom stereocenters. The van der Waals surface area contributed by atoms with Crippen LogP contribution in [0.15, 0.2) is 18.2 Å². The summed E-state index contributed by atoms with van der Waals surface area (Å²) in [4.78, 5) is 3.84. The molecule has 1 aromatic carbocycles. The standard InChI is InChI=1S/C9H6F4N2S/c10-5-1-2-7-6(3-5)15-8(16-7)14-4-9(11,12)13/h1-3H,4H2,(H,14,15). The Morgan fingerprint density at radius 3 is 2.75 bits per heavy atom. The number of benzene rings is 1.